The highest BCUT2D eigenvalue weighted by atomic mass is 19.1. The van der Waals surface area contributed by atoms with Crippen molar-refractivity contribution in [3.8, 4) is 0 Å². The largest absolute Gasteiger partial charge is 0.389 e. The van der Waals surface area contributed by atoms with Crippen molar-refractivity contribution < 1.29 is 9.50 Å². The van der Waals surface area contributed by atoms with Crippen LogP contribution in [0.25, 0.3) is 0 Å². The van der Waals surface area contributed by atoms with Crippen molar-refractivity contribution in [2.75, 3.05) is 13.1 Å². The molecule has 0 amide bonds. The number of benzene rings is 1. The van der Waals surface area contributed by atoms with Gasteiger partial charge in [0.1, 0.15) is 5.82 Å². The van der Waals surface area contributed by atoms with Gasteiger partial charge in [-0.2, -0.15) is 0 Å². The smallest absolute Gasteiger partial charge is 0.126 e. The van der Waals surface area contributed by atoms with E-state index < -0.39 is 5.60 Å². The Kier molecular flexibility index (Phi) is 3.26. The highest BCUT2D eigenvalue weighted by Gasteiger charge is 2.30. The van der Waals surface area contributed by atoms with Gasteiger partial charge in [0.15, 0.2) is 0 Å². The van der Waals surface area contributed by atoms with Crippen molar-refractivity contribution in [1.29, 1.82) is 0 Å². The van der Waals surface area contributed by atoms with Crippen LogP contribution >= 0.6 is 0 Å². The molecular weight excluding hydrogens is 205 g/mol. The number of nitrogens with one attached hydrogen (secondary N) is 1. The number of aliphatic hydroxyl groups is 1. The van der Waals surface area contributed by atoms with Crippen LogP contribution < -0.4 is 5.32 Å². The van der Waals surface area contributed by atoms with Crippen molar-refractivity contribution in [3.05, 3.63) is 35.1 Å². The molecule has 1 fully saturated rings. The van der Waals surface area contributed by atoms with E-state index in [9.17, 15) is 9.50 Å². The van der Waals surface area contributed by atoms with Crippen LogP contribution in [0.3, 0.4) is 0 Å². The van der Waals surface area contributed by atoms with Crippen LogP contribution in [0, 0.1) is 12.7 Å². The molecule has 1 aliphatic heterocycles. The van der Waals surface area contributed by atoms with Crippen LogP contribution in [0.5, 0.6) is 0 Å². The number of rotatable bonds is 2. The Bertz CT molecular complexity index is 372. The molecule has 0 bridgehead atoms. The standard InChI is InChI=1S/C13H18FNO/c1-10-2-3-12(14)11(8-10)9-13(16)4-6-15-7-5-13/h2-3,8,15-16H,4-7,9H2,1H3. The third-order valence-electron chi connectivity index (χ3n) is 3.25. The molecule has 2 N–H and O–H groups in total. The first-order valence-electron chi connectivity index (χ1n) is 5.77. The summed E-state index contributed by atoms with van der Waals surface area (Å²) < 4.78 is 13.6. The molecule has 0 saturated carbocycles. The second-order valence-corrected chi connectivity index (χ2v) is 4.75. The highest BCUT2D eigenvalue weighted by molar-refractivity contribution is 5.25. The van der Waals surface area contributed by atoms with E-state index in [1.54, 1.807) is 6.07 Å². The van der Waals surface area contributed by atoms with Gasteiger partial charge in [-0.15, -0.1) is 0 Å². The SMILES string of the molecule is Cc1ccc(F)c(CC2(O)CCNCC2)c1. The molecule has 3 heteroatoms. The normalized spacial score (nSPS) is 19.7. The summed E-state index contributed by atoms with van der Waals surface area (Å²) in [6.07, 6.45) is 1.81. The molecule has 1 saturated heterocycles. The average molecular weight is 223 g/mol. The van der Waals surface area contributed by atoms with Gasteiger partial charge in [0.25, 0.3) is 0 Å². The summed E-state index contributed by atoms with van der Waals surface area (Å²) >= 11 is 0. The van der Waals surface area contributed by atoms with Gasteiger partial charge in [-0.05, 0) is 44.5 Å². The van der Waals surface area contributed by atoms with E-state index in [2.05, 4.69) is 5.32 Å². The van der Waals surface area contributed by atoms with E-state index >= 15 is 0 Å². The summed E-state index contributed by atoms with van der Waals surface area (Å²) in [5, 5.41) is 13.5. The second-order valence-electron chi connectivity index (χ2n) is 4.75. The van der Waals surface area contributed by atoms with Gasteiger partial charge in [0, 0.05) is 6.42 Å². The lowest BCUT2D eigenvalue weighted by Gasteiger charge is -2.32. The monoisotopic (exact) mass is 223 g/mol. The summed E-state index contributed by atoms with van der Waals surface area (Å²) in [5.74, 6) is -0.211. The van der Waals surface area contributed by atoms with Crippen LogP contribution in [0.15, 0.2) is 18.2 Å². The van der Waals surface area contributed by atoms with Gasteiger partial charge in [0.2, 0.25) is 0 Å². The maximum Gasteiger partial charge on any atom is 0.126 e. The fourth-order valence-electron chi connectivity index (χ4n) is 2.26. The highest BCUT2D eigenvalue weighted by Crippen LogP contribution is 2.25. The molecule has 0 spiro atoms. The first-order valence-corrected chi connectivity index (χ1v) is 5.77. The predicted octanol–water partition coefficient (Wildman–Crippen LogP) is 1.79. The molecule has 0 aromatic heterocycles. The molecular formula is C13H18FNO. The minimum atomic E-state index is -0.736. The van der Waals surface area contributed by atoms with E-state index in [1.165, 1.54) is 6.07 Å². The van der Waals surface area contributed by atoms with Crippen molar-refractivity contribution in [3.63, 3.8) is 0 Å². The lowest BCUT2D eigenvalue weighted by Crippen LogP contribution is -2.43. The molecule has 0 unspecified atom stereocenters. The Labute approximate surface area is 95.5 Å². The van der Waals surface area contributed by atoms with Gasteiger partial charge in [0.05, 0.1) is 5.60 Å². The van der Waals surface area contributed by atoms with Crippen LogP contribution in [-0.2, 0) is 6.42 Å². The molecule has 16 heavy (non-hydrogen) atoms. The lowest BCUT2D eigenvalue weighted by atomic mass is 9.85. The Morgan fingerprint density at radius 2 is 2.06 bits per heavy atom. The van der Waals surface area contributed by atoms with Gasteiger partial charge in [-0.1, -0.05) is 17.7 Å². The maximum atomic E-state index is 13.6. The van der Waals surface area contributed by atoms with E-state index in [0.29, 0.717) is 24.8 Å². The van der Waals surface area contributed by atoms with Gasteiger partial charge < -0.3 is 10.4 Å². The van der Waals surface area contributed by atoms with Crippen LogP contribution in [0.1, 0.15) is 24.0 Å². The molecule has 1 heterocycles. The molecule has 1 aromatic carbocycles. The third-order valence-corrected chi connectivity index (χ3v) is 3.25. The summed E-state index contributed by atoms with van der Waals surface area (Å²) in [6, 6.07) is 5.07. The summed E-state index contributed by atoms with van der Waals surface area (Å²) in [6.45, 7) is 3.56. The van der Waals surface area contributed by atoms with Gasteiger partial charge in [-0.25, -0.2) is 4.39 Å². The molecule has 0 atom stereocenters. The number of aryl methyl sites for hydroxylation is 1. The fraction of sp³-hybridized carbons (Fsp3) is 0.538. The van der Waals surface area contributed by atoms with Crippen LogP contribution in [0.2, 0.25) is 0 Å². The Hall–Kier alpha value is -0.930. The number of halogens is 1. The molecule has 2 rings (SSSR count). The molecule has 1 aliphatic rings. The quantitative estimate of drug-likeness (QED) is 0.801. The Morgan fingerprint density at radius 1 is 1.38 bits per heavy atom. The van der Waals surface area contributed by atoms with Crippen molar-refractivity contribution >= 4 is 0 Å². The topological polar surface area (TPSA) is 32.3 Å². The molecule has 1 aromatic rings. The number of hydrogen-bond acceptors (Lipinski definition) is 2. The lowest BCUT2D eigenvalue weighted by molar-refractivity contribution is 0.0101. The first kappa shape index (κ1) is 11.6. The average Bonchev–Trinajstić information content (AvgIpc) is 2.24. The second kappa shape index (κ2) is 4.52. The zero-order valence-electron chi connectivity index (χ0n) is 9.59. The van der Waals surface area contributed by atoms with Crippen LogP contribution in [0.4, 0.5) is 4.39 Å². The molecule has 2 nitrogen and oxygen atoms in total. The zero-order valence-corrected chi connectivity index (χ0v) is 9.59. The first-order chi connectivity index (χ1) is 7.59. The van der Waals surface area contributed by atoms with Crippen molar-refractivity contribution in [2.45, 2.75) is 31.8 Å². The number of hydrogen-bond donors (Lipinski definition) is 2. The third kappa shape index (κ3) is 2.60. The summed E-state index contributed by atoms with van der Waals surface area (Å²) in [4.78, 5) is 0. The van der Waals surface area contributed by atoms with Gasteiger partial charge >= 0.3 is 0 Å². The minimum absolute atomic E-state index is 0.211. The van der Waals surface area contributed by atoms with Crippen molar-refractivity contribution in [1.82, 2.24) is 5.32 Å². The van der Waals surface area contributed by atoms with E-state index in [-0.39, 0.29) is 5.82 Å². The maximum absolute atomic E-state index is 13.6. The summed E-state index contributed by atoms with van der Waals surface area (Å²) in [7, 11) is 0. The van der Waals surface area contributed by atoms with E-state index in [4.69, 9.17) is 0 Å². The molecule has 88 valence electrons. The van der Waals surface area contributed by atoms with E-state index in [0.717, 1.165) is 18.7 Å². The summed E-state index contributed by atoms with van der Waals surface area (Å²) in [5.41, 5.74) is 0.929. The van der Waals surface area contributed by atoms with Gasteiger partial charge in [-0.3, -0.25) is 0 Å². The Balaban J connectivity index is 2.15. The minimum Gasteiger partial charge on any atom is -0.389 e. The zero-order chi connectivity index (χ0) is 11.6. The fourth-order valence-corrected chi connectivity index (χ4v) is 2.26. The molecule has 0 radical (unpaired) electrons. The van der Waals surface area contributed by atoms with Crippen molar-refractivity contribution in [2.24, 2.45) is 0 Å². The van der Waals surface area contributed by atoms with E-state index in [1.807, 2.05) is 13.0 Å². The number of piperidine rings is 1. The predicted molar refractivity (Wildman–Crippen MR) is 61.9 cm³/mol. The Morgan fingerprint density at radius 3 is 2.75 bits per heavy atom. The van der Waals surface area contributed by atoms with Crippen LogP contribution in [-0.4, -0.2) is 23.8 Å². The molecule has 0 aliphatic carbocycles.